The highest BCUT2D eigenvalue weighted by Gasteiger charge is 2.30. The van der Waals surface area contributed by atoms with Crippen molar-refractivity contribution in [2.24, 2.45) is 0 Å². The third-order valence-electron chi connectivity index (χ3n) is 13.4. The molecule has 0 heterocycles. The van der Waals surface area contributed by atoms with Crippen molar-refractivity contribution >= 4 is 88.4 Å². The summed E-state index contributed by atoms with van der Waals surface area (Å²) < 4.78 is 0. The zero-order chi connectivity index (χ0) is 43.7. The molecule has 0 fully saturated rings. The van der Waals surface area contributed by atoms with E-state index >= 15 is 0 Å². The smallest absolute Gasteiger partial charge is 0.0566 e. The van der Waals surface area contributed by atoms with Crippen LogP contribution in [0.3, 0.4) is 0 Å². The number of hydrogen-bond donors (Lipinski definition) is 0. The van der Waals surface area contributed by atoms with Crippen LogP contribution in [0.15, 0.2) is 194 Å². The molecule has 2 nitrogen and oxygen atoms in total. The molecule has 10 aromatic rings. The summed E-state index contributed by atoms with van der Waals surface area (Å²) >= 11 is 0. The van der Waals surface area contributed by atoms with Crippen molar-refractivity contribution in [1.82, 2.24) is 0 Å². The second-order valence-corrected chi connectivity index (χ2v) is 19.8. The summed E-state index contributed by atoms with van der Waals surface area (Å²) in [7, 11) is 0. The van der Waals surface area contributed by atoms with Crippen LogP contribution in [0.4, 0.5) is 28.4 Å². The Balaban J connectivity index is 1.17. The zero-order valence-corrected chi connectivity index (χ0v) is 37.7. The molecular weight excluding hydrogens is 773 g/mol. The number of hydrogen-bond acceptors (Lipinski definition) is 2. The molecule has 0 spiro atoms. The average molecular weight is 827 g/mol. The van der Waals surface area contributed by atoms with E-state index in [2.05, 4.69) is 252 Å². The van der Waals surface area contributed by atoms with Crippen LogP contribution in [0.2, 0.25) is 0 Å². The number of nitrogens with zero attached hydrogens (tertiary/aromatic N) is 2. The van der Waals surface area contributed by atoms with Crippen molar-refractivity contribution in [3.63, 3.8) is 0 Å². The fraction of sp³-hybridized carbons (Fsp3) is 0.161. The minimum absolute atomic E-state index is 0.125. The molecule has 0 aliphatic heterocycles. The lowest BCUT2D eigenvalue weighted by atomic mass is 9.74. The molecule has 11 rings (SSSR count). The molecule has 312 valence electrons. The van der Waals surface area contributed by atoms with Crippen LogP contribution in [0, 0.1) is 0 Å². The lowest BCUT2D eigenvalue weighted by Crippen LogP contribution is -2.33. The van der Waals surface area contributed by atoms with Gasteiger partial charge in [0.05, 0.1) is 6.04 Å². The maximum Gasteiger partial charge on any atom is 0.0566 e. The van der Waals surface area contributed by atoms with Gasteiger partial charge in [0.15, 0.2) is 0 Å². The minimum Gasteiger partial charge on any atom is -0.334 e. The van der Waals surface area contributed by atoms with Gasteiger partial charge in [-0.15, -0.1) is 0 Å². The molecule has 0 N–H and O–H groups in total. The average Bonchev–Trinajstić information content (AvgIpc) is 3.30. The Morgan fingerprint density at radius 1 is 0.375 bits per heavy atom. The molecule has 1 atom stereocenters. The molecular formula is C62H54N2. The summed E-state index contributed by atoms with van der Waals surface area (Å²) in [5.41, 5.74) is 11.0. The van der Waals surface area contributed by atoms with Crippen LogP contribution in [-0.4, -0.2) is 6.04 Å². The molecule has 0 saturated heterocycles. The number of rotatable bonds is 6. The van der Waals surface area contributed by atoms with Gasteiger partial charge < -0.3 is 9.80 Å². The Kier molecular flexibility index (Phi) is 9.47. The molecule has 2 heteroatoms. The summed E-state index contributed by atoms with van der Waals surface area (Å²) in [6.45, 7) is 14.3. The summed E-state index contributed by atoms with van der Waals surface area (Å²) in [6, 6.07) is 70.4. The first kappa shape index (κ1) is 39.7. The van der Waals surface area contributed by atoms with Crippen molar-refractivity contribution in [2.75, 3.05) is 9.80 Å². The first-order chi connectivity index (χ1) is 31.0. The van der Waals surface area contributed by atoms with E-state index in [1.54, 1.807) is 0 Å². The zero-order valence-electron chi connectivity index (χ0n) is 37.7. The van der Waals surface area contributed by atoms with Gasteiger partial charge in [-0.2, -0.15) is 0 Å². The van der Waals surface area contributed by atoms with Crippen LogP contribution < -0.4 is 9.80 Å². The van der Waals surface area contributed by atoms with Crippen LogP contribution in [0.25, 0.3) is 59.9 Å². The third-order valence-corrected chi connectivity index (χ3v) is 13.4. The molecule has 0 amide bonds. The summed E-state index contributed by atoms with van der Waals surface area (Å²) in [4.78, 5) is 5.04. The van der Waals surface area contributed by atoms with E-state index in [-0.39, 0.29) is 16.9 Å². The maximum absolute atomic E-state index is 2.59. The maximum atomic E-state index is 2.59. The quantitative estimate of drug-likeness (QED) is 0.154. The second kappa shape index (κ2) is 15.3. The normalized spacial score (nSPS) is 14.1. The lowest BCUT2D eigenvalue weighted by molar-refractivity contribution is 0.593. The second-order valence-electron chi connectivity index (χ2n) is 19.8. The van der Waals surface area contributed by atoms with E-state index in [0.29, 0.717) is 0 Å². The van der Waals surface area contributed by atoms with E-state index in [1.807, 2.05) is 0 Å². The van der Waals surface area contributed by atoms with Crippen LogP contribution in [-0.2, 0) is 17.3 Å². The fourth-order valence-electron chi connectivity index (χ4n) is 10.6. The highest BCUT2D eigenvalue weighted by molar-refractivity contribution is 6.10. The highest BCUT2D eigenvalue weighted by atomic mass is 15.2. The van der Waals surface area contributed by atoms with Crippen molar-refractivity contribution < 1.29 is 0 Å². The molecule has 1 aliphatic carbocycles. The van der Waals surface area contributed by atoms with Gasteiger partial charge in [-0.1, -0.05) is 181 Å². The van der Waals surface area contributed by atoms with E-state index < -0.39 is 0 Å². The SMILES string of the molecule is CC(C)(C)c1c2ccc(N(c3ccc4ccccc4c3)c3ccc4ccccc4c3)cc2c(C(C)(C)C)c2cc(N(c3ccc4ccccc4c3)C3C=Cc4ccccc4C3)ccc12. The van der Waals surface area contributed by atoms with E-state index in [0.717, 1.165) is 23.5 Å². The lowest BCUT2D eigenvalue weighted by Gasteiger charge is -2.36. The third kappa shape index (κ3) is 6.99. The van der Waals surface area contributed by atoms with E-state index in [9.17, 15) is 0 Å². The highest BCUT2D eigenvalue weighted by Crippen LogP contribution is 2.48. The summed E-state index contributed by atoms with van der Waals surface area (Å²) in [5.74, 6) is 0. The minimum atomic E-state index is -0.182. The molecule has 0 radical (unpaired) electrons. The molecule has 10 aromatic carbocycles. The van der Waals surface area contributed by atoms with Gasteiger partial charge >= 0.3 is 0 Å². The van der Waals surface area contributed by atoms with Gasteiger partial charge in [-0.3, -0.25) is 0 Å². The summed E-state index contributed by atoms with van der Waals surface area (Å²) in [6.07, 6.45) is 5.66. The van der Waals surface area contributed by atoms with Gasteiger partial charge in [0.1, 0.15) is 0 Å². The predicted octanol–water partition coefficient (Wildman–Crippen LogP) is 17.3. The predicted molar refractivity (Wildman–Crippen MR) is 278 cm³/mol. The number of fused-ring (bicyclic) bond motifs is 6. The van der Waals surface area contributed by atoms with Gasteiger partial charge in [0, 0.05) is 28.4 Å². The Labute approximate surface area is 377 Å². The van der Waals surface area contributed by atoms with Crippen LogP contribution in [0.5, 0.6) is 0 Å². The van der Waals surface area contributed by atoms with Crippen molar-refractivity contribution in [3.05, 3.63) is 216 Å². The van der Waals surface area contributed by atoms with Gasteiger partial charge in [0.2, 0.25) is 0 Å². The Morgan fingerprint density at radius 2 is 0.766 bits per heavy atom. The van der Waals surface area contributed by atoms with E-state index in [4.69, 9.17) is 0 Å². The van der Waals surface area contributed by atoms with Gasteiger partial charge in [-0.05, 0) is 154 Å². The monoisotopic (exact) mass is 826 g/mol. The number of anilines is 5. The molecule has 0 saturated carbocycles. The molecule has 1 aliphatic rings. The standard InChI is InChI=1S/C62H54N2/c1-61(2,3)59-55-33-31-53(63(49-27-23-41-15-7-11-19-45(41)35-49)50-28-24-42-16-8-12-20-46(42)36-50)39-57(55)60(62(4,5)6)58-40-54(32-34-56(58)59)64(51-29-25-43-17-9-13-21-47(43)37-51)52-30-26-44-18-10-14-22-48(44)38-52/h7-37,39-40,52H,38H2,1-6H3. The Morgan fingerprint density at radius 3 is 1.31 bits per heavy atom. The fourth-order valence-corrected chi connectivity index (χ4v) is 10.6. The van der Waals surface area contributed by atoms with Crippen LogP contribution >= 0.6 is 0 Å². The molecule has 0 aromatic heterocycles. The largest absolute Gasteiger partial charge is 0.334 e. The van der Waals surface area contributed by atoms with Crippen LogP contribution in [0.1, 0.15) is 63.8 Å². The van der Waals surface area contributed by atoms with Gasteiger partial charge in [0.25, 0.3) is 0 Å². The topological polar surface area (TPSA) is 6.48 Å². The molecule has 1 unspecified atom stereocenters. The summed E-state index contributed by atoms with van der Waals surface area (Å²) in [5, 5.41) is 12.7. The van der Waals surface area contributed by atoms with Gasteiger partial charge in [-0.25, -0.2) is 0 Å². The first-order valence-electron chi connectivity index (χ1n) is 22.8. The van der Waals surface area contributed by atoms with Crippen molar-refractivity contribution in [1.29, 1.82) is 0 Å². The van der Waals surface area contributed by atoms with E-state index in [1.165, 1.54) is 87.5 Å². The van der Waals surface area contributed by atoms with Crippen molar-refractivity contribution in [3.8, 4) is 0 Å². The molecule has 0 bridgehead atoms. The number of benzene rings is 10. The van der Waals surface area contributed by atoms with Crippen molar-refractivity contribution in [2.45, 2.75) is 64.8 Å². The Bertz CT molecular complexity index is 3390. The Hall–Kier alpha value is -7.16. The first-order valence-corrected chi connectivity index (χ1v) is 22.8. The molecule has 64 heavy (non-hydrogen) atoms.